The normalized spacial score (nSPS) is 18.0. The summed E-state index contributed by atoms with van der Waals surface area (Å²) in [5.74, 6) is -2.34. The van der Waals surface area contributed by atoms with Crippen molar-refractivity contribution < 1.29 is 28.8 Å². The zero-order valence-corrected chi connectivity index (χ0v) is 21.1. The summed E-state index contributed by atoms with van der Waals surface area (Å²) in [7, 11) is 0. The Hall–Kier alpha value is -3.92. The summed E-state index contributed by atoms with van der Waals surface area (Å²) in [5.41, 5.74) is 2.18. The van der Waals surface area contributed by atoms with Crippen molar-refractivity contribution in [3.05, 3.63) is 58.9 Å². The Kier molecular flexibility index (Phi) is 8.08. The highest BCUT2D eigenvalue weighted by Crippen LogP contribution is 2.33. The highest BCUT2D eigenvalue weighted by Gasteiger charge is 2.35. The first kappa shape index (κ1) is 26.2. The van der Waals surface area contributed by atoms with E-state index in [1.165, 1.54) is 6.20 Å². The van der Waals surface area contributed by atoms with Crippen LogP contribution in [-0.2, 0) is 14.3 Å². The Labute approximate surface area is 218 Å². The van der Waals surface area contributed by atoms with E-state index in [0.717, 1.165) is 12.8 Å². The van der Waals surface area contributed by atoms with Crippen LogP contribution in [0.3, 0.4) is 0 Å². The molecule has 1 aromatic carbocycles. The second-order valence-corrected chi connectivity index (χ2v) is 9.33. The van der Waals surface area contributed by atoms with Gasteiger partial charge in [0.25, 0.3) is 0 Å². The Morgan fingerprint density at radius 1 is 1.11 bits per heavy atom. The quantitative estimate of drug-likeness (QED) is 0.348. The molecule has 2 heterocycles. The van der Waals surface area contributed by atoms with Crippen molar-refractivity contribution in [2.24, 2.45) is 11.8 Å². The van der Waals surface area contributed by atoms with Crippen molar-refractivity contribution in [1.29, 1.82) is 0 Å². The summed E-state index contributed by atoms with van der Waals surface area (Å²) in [6.45, 7) is 3.38. The van der Waals surface area contributed by atoms with E-state index in [1.54, 1.807) is 50.2 Å². The van der Waals surface area contributed by atoms with E-state index in [1.807, 2.05) is 0 Å². The number of benzene rings is 1. The maximum Gasteiger partial charge on any atom is 0.412 e. The van der Waals surface area contributed by atoms with Crippen molar-refractivity contribution in [1.82, 2.24) is 10.1 Å². The second kappa shape index (κ2) is 11.4. The lowest BCUT2D eigenvalue weighted by Crippen LogP contribution is -2.36. The topological polar surface area (TPSA) is 144 Å². The van der Waals surface area contributed by atoms with Crippen LogP contribution in [0, 0.1) is 18.8 Å². The van der Waals surface area contributed by atoms with Gasteiger partial charge in [0.2, 0.25) is 11.7 Å². The van der Waals surface area contributed by atoms with Gasteiger partial charge in [-0.25, -0.2) is 4.79 Å². The average molecular weight is 527 g/mol. The van der Waals surface area contributed by atoms with Gasteiger partial charge in [0.15, 0.2) is 0 Å². The number of hydrogen-bond acceptors (Lipinski definition) is 7. The minimum atomic E-state index is -0.950. The molecule has 0 bridgehead atoms. The first-order chi connectivity index (χ1) is 17.7. The average Bonchev–Trinajstić information content (AvgIpc) is 3.24. The van der Waals surface area contributed by atoms with Gasteiger partial charge < -0.3 is 19.7 Å². The van der Waals surface area contributed by atoms with E-state index in [4.69, 9.17) is 20.9 Å². The van der Waals surface area contributed by atoms with E-state index in [-0.39, 0.29) is 11.7 Å². The first-order valence-electron chi connectivity index (χ1n) is 11.9. The number of aliphatic carboxylic acids is 1. The molecule has 1 aliphatic carbocycles. The molecule has 2 amide bonds. The van der Waals surface area contributed by atoms with Crippen molar-refractivity contribution in [3.8, 4) is 11.5 Å². The second-order valence-electron chi connectivity index (χ2n) is 8.92. The number of carbonyl (C=O) groups is 3. The number of nitrogens with zero attached hydrogens (tertiary/aromatic N) is 2. The molecule has 1 aliphatic rings. The third-order valence-electron chi connectivity index (χ3n) is 6.40. The van der Waals surface area contributed by atoms with Gasteiger partial charge >= 0.3 is 12.1 Å². The van der Waals surface area contributed by atoms with Gasteiger partial charge in [0, 0.05) is 10.6 Å². The maximum absolute atomic E-state index is 12.7. The number of aryl methyl sites for hydroxylation is 1. The molecule has 0 radical (unpaired) electrons. The highest BCUT2D eigenvalue weighted by atomic mass is 35.5. The van der Waals surface area contributed by atoms with Gasteiger partial charge in [-0.3, -0.25) is 19.9 Å². The van der Waals surface area contributed by atoms with Gasteiger partial charge in [-0.2, -0.15) is 0 Å². The Morgan fingerprint density at radius 3 is 2.51 bits per heavy atom. The molecule has 3 aromatic rings. The molecule has 3 atom stereocenters. The summed E-state index contributed by atoms with van der Waals surface area (Å²) in [4.78, 5) is 41.2. The van der Waals surface area contributed by atoms with Crippen molar-refractivity contribution in [2.45, 2.75) is 45.6 Å². The molecule has 0 aliphatic heterocycles. The zero-order chi connectivity index (χ0) is 26.5. The van der Waals surface area contributed by atoms with Crippen LogP contribution in [0.1, 0.15) is 50.0 Å². The van der Waals surface area contributed by atoms with Crippen LogP contribution in [0.5, 0.6) is 0 Å². The van der Waals surface area contributed by atoms with Crippen molar-refractivity contribution in [2.75, 3.05) is 10.6 Å². The molecule has 1 saturated carbocycles. The van der Waals surface area contributed by atoms with E-state index >= 15 is 0 Å². The maximum atomic E-state index is 12.7. The van der Waals surface area contributed by atoms with E-state index in [0.29, 0.717) is 46.2 Å². The van der Waals surface area contributed by atoms with Crippen LogP contribution in [0.2, 0.25) is 5.02 Å². The predicted octanol–water partition coefficient (Wildman–Crippen LogP) is 5.84. The molecule has 37 heavy (non-hydrogen) atoms. The number of carboxylic acid groups (broad SMARTS) is 1. The smallest absolute Gasteiger partial charge is 0.412 e. The molecular formula is C26H27ClN4O6. The molecule has 194 valence electrons. The molecule has 3 N–H and O–H groups in total. The molecule has 4 rings (SSSR count). The number of hydrogen-bond donors (Lipinski definition) is 3. The van der Waals surface area contributed by atoms with Crippen molar-refractivity contribution >= 4 is 40.9 Å². The number of ether oxygens (including phenoxy) is 1. The molecule has 0 unspecified atom stereocenters. The van der Waals surface area contributed by atoms with Gasteiger partial charge in [-0.05, 0) is 44.9 Å². The molecule has 0 saturated heterocycles. The first-order valence-corrected chi connectivity index (χ1v) is 12.3. The highest BCUT2D eigenvalue weighted by molar-refractivity contribution is 6.31. The Bertz CT molecular complexity index is 1290. The van der Waals surface area contributed by atoms with Crippen LogP contribution in [0.25, 0.3) is 11.5 Å². The standard InChI is InChI=1S/C26H27ClN4O6/c1-14-22(30-26(35)36-15(2)17-7-5-6-10-20(17)27)23(37-31-14)21-12-11-16(13-28-21)29-24(32)18-8-3-4-9-19(18)25(33)34/h5-7,10-13,15,18-19H,3-4,8-9H2,1-2H3,(H,29,32)(H,30,35)(H,33,34)/t15-,18+,19+/m1/s1. The van der Waals surface area contributed by atoms with E-state index < -0.39 is 30.0 Å². The summed E-state index contributed by atoms with van der Waals surface area (Å²) in [6.07, 6.45) is 2.77. The van der Waals surface area contributed by atoms with Crippen LogP contribution in [0.15, 0.2) is 47.1 Å². The molecular weight excluding hydrogens is 500 g/mol. The number of nitrogens with one attached hydrogen (secondary N) is 2. The predicted molar refractivity (Wildman–Crippen MR) is 136 cm³/mol. The molecule has 11 heteroatoms. The minimum absolute atomic E-state index is 0.218. The molecule has 1 fully saturated rings. The van der Waals surface area contributed by atoms with Gasteiger partial charge in [-0.15, -0.1) is 0 Å². The third kappa shape index (κ3) is 6.08. The number of amides is 2. The van der Waals surface area contributed by atoms with Gasteiger partial charge in [-0.1, -0.05) is 47.8 Å². The van der Waals surface area contributed by atoms with Gasteiger partial charge in [0.05, 0.1) is 23.7 Å². The number of halogens is 1. The summed E-state index contributed by atoms with van der Waals surface area (Å²) >= 11 is 6.19. The fourth-order valence-corrected chi connectivity index (χ4v) is 4.72. The number of anilines is 2. The number of rotatable bonds is 7. The zero-order valence-electron chi connectivity index (χ0n) is 20.4. The number of carbonyl (C=O) groups excluding carboxylic acids is 2. The summed E-state index contributed by atoms with van der Waals surface area (Å²) in [6, 6.07) is 10.3. The fourth-order valence-electron chi connectivity index (χ4n) is 4.43. The van der Waals surface area contributed by atoms with E-state index in [9.17, 15) is 19.5 Å². The van der Waals surface area contributed by atoms with Crippen LogP contribution < -0.4 is 10.6 Å². The van der Waals surface area contributed by atoms with E-state index in [2.05, 4.69) is 20.8 Å². The van der Waals surface area contributed by atoms with Crippen molar-refractivity contribution in [3.63, 3.8) is 0 Å². The number of aromatic nitrogens is 2. The fraction of sp³-hybridized carbons (Fsp3) is 0.346. The number of carboxylic acids is 1. The van der Waals surface area contributed by atoms with Crippen LogP contribution >= 0.6 is 11.6 Å². The lowest BCUT2D eigenvalue weighted by molar-refractivity contribution is -0.147. The van der Waals surface area contributed by atoms with Crippen LogP contribution in [0.4, 0.5) is 16.2 Å². The third-order valence-corrected chi connectivity index (χ3v) is 6.74. The molecule has 10 nitrogen and oxygen atoms in total. The Balaban J connectivity index is 1.43. The van der Waals surface area contributed by atoms with Crippen LogP contribution in [-0.4, -0.2) is 33.2 Å². The SMILES string of the molecule is Cc1noc(-c2ccc(NC(=O)[C@H]3CCCC[C@@H]3C(=O)O)cn2)c1NC(=O)O[C@H](C)c1ccccc1Cl. The lowest BCUT2D eigenvalue weighted by atomic mass is 9.78. The Morgan fingerprint density at radius 2 is 1.84 bits per heavy atom. The monoisotopic (exact) mass is 526 g/mol. The lowest BCUT2D eigenvalue weighted by Gasteiger charge is -2.27. The summed E-state index contributed by atoms with van der Waals surface area (Å²) < 4.78 is 10.9. The largest absolute Gasteiger partial charge is 0.481 e. The molecule has 2 aromatic heterocycles. The number of pyridine rings is 1. The minimum Gasteiger partial charge on any atom is -0.481 e. The van der Waals surface area contributed by atoms with Gasteiger partial charge in [0.1, 0.15) is 23.2 Å². The summed E-state index contributed by atoms with van der Waals surface area (Å²) in [5, 5.41) is 19.3. The molecule has 0 spiro atoms.